The normalized spacial score (nSPS) is 20.7. The van der Waals surface area contributed by atoms with Crippen LogP contribution in [0.5, 0.6) is 0 Å². The predicted octanol–water partition coefficient (Wildman–Crippen LogP) is 1.25. The highest BCUT2D eigenvalue weighted by atomic mass is 16.2. The van der Waals surface area contributed by atoms with Gasteiger partial charge in [-0.3, -0.25) is 24.0 Å². The summed E-state index contributed by atoms with van der Waals surface area (Å²) in [6.45, 7) is 6.94. The maximum absolute atomic E-state index is 14.0. The molecule has 3 aromatic rings. The summed E-state index contributed by atoms with van der Waals surface area (Å²) < 4.78 is 1.55. The van der Waals surface area contributed by atoms with Crippen molar-refractivity contribution in [1.29, 1.82) is 0 Å². The van der Waals surface area contributed by atoms with E-state index in [1.54, 1.807) is 50.7 Å². The van der Waals surface area contributed by atoms with Gasteiger partial charge in [0.15, 0.2) is 5.82 Å². The number of pyridine rings is 1. The molecule has 13 heteroatoms. The van der Waals surface area contributed by atoms with E-state index in [-0.39, 0.29) is 32.0 Å². The third kappa shape index (κ3) is 8.14. The van der Waals surface area contributed by atoms with Gasteiger partial charge in [-0.1, -0.05) is 50.2 Å². The van der Waals surface area contributed by atoms with E-state index in [1.807, 2.05) is 36.4 Å². The SMILES string of the molecule is Cc1c(C(=O)N2CCCNC(=O)[C@H](Cc3ccccc3)NC(=O)CN(C)C(=O)[C@H](C(C)C)NC(=O)[C@H]2C)cnn1-c1ccccn1. The average Bonchev–Trinajstić information content (AvgIpc) is 3.43. The van der Waals surface area contributed by atoms with Crippen LogP contribution in [-0.2, 0) is 25.6 Å². The number of hydrogen-bond donors (Lipinski definition) is 3. The number of nitrogens with zero attached hydrogens (tertiary/aromatic N) is 5. The number of likely N-dealkylation sites (N-methyl/N-ethyl adjacent to an activating group) is 1. The number of amides is 5. The number of hydrogen-bond acceptors (Lipinski definition) is 7. The minimum atomic E-state index is -0.970. The van der Waals surface area contributed by atoms with Crippen molar-refractivity contribution in [2.45, 2.75) is 58.7 Å². The Labute approximate surface area is 268 Å². The number of rotatable bonds is 5. The number of aromatic nitrogens is 3. The molecular weight excluding hydrogens is 588 g/mol. The highest BCUT2D eigenvalue weighted by Crippen LogP contribution is 2.17. The Morgan fingerprint density at radius 2 is 1.72 bits per heavy atom. The number of carbonyl (C=O) groups is 5. The van der Waals surface area contributed by atoms with Crippen LogP contribution >= 0.6 is 0 Å². The Balaban J connectivity index is 1.63. The molecule has 3 atom stereocenters. The fourth-order valence-corrected chi connectivity index (χ4v) is 5.30. The molecule has 5 amide bonds. The summed E-state index contributed by atoms with van der Waals surface area (Å²) in [5.74, 6) is -2.07. The van der Waals surface area contributed by atoms with Crippen LogP contribution in [0.3, 0.4) is 0 Å². The largest absolute Gasteiger partial charge is 0.354 e. The lowest BCUT2D eigenvalue weighted by Crippen LogP contribution is -2.57. The van der Waals surface area contributed by atoms with Crippen LogP contribution in [0.25, 0.3) is 5.82 Å². The number of nitrogens with one attached hydrogen (secondary N) is 3. The first-order valence-electron chi connectivity index (χ1n) is 15.4. The summed E-state index contributed by atoms with van der Waals surface area (Å²) in [5.41, 5.74) is 1.70. The highest BCUT2D eigenvalue weighted by molar-refractivity contribution is 5.99. The van der Waals surface area contributed by atoms with Gasteiger partial charge in [-0.15, -0.1) is 0 Å². The lowest BCUT2D eigenvalue weighted by molar-refractivity contribution is -0.140. The maximum atomic E-state index is 14.0. The van der Waals surface area contributed by atoms with E-state index in [1.165, 1.54) is 23.0 Å². The minimum Gasteiger partial charge on any atom is -0.354 e. The van der Waals surface area contributed by atoms with E-state index in [9.17, 15) is 24.0 Å². The molecule has 13 nitrogen and oxygen atoms in total. The molecule has 0 radical (unpaired) electrons. The fourth-order valence-electron chi connectivity index (χ4n) is 5.30. The van der Waals surface area contributed by atoms with Gasteiger partial charge in [0.2, 0.25) is 23.6 Å². The third-order valence-electron chi connectivity index (χ3n) is 8.01. The van der Waals surface area contributed by atoms with Crippen LogP contribution in [0.1, 0.15) is 48.8 Å². The van der Waals surface area contributed by atoms with Gasteiger partial charge < -0.3 is 25.8 Å². The molecule has 3 N–H and O–H groups in total. The van der Waals surface area contributed by atoms with Gasteiger partial charge in [0.25, 0.3) is 5.91 Å². The Kier molecular flexibility index (Phi) is 11.2. The van der Waals surface area contributed by atoms with Gasteiger partial charge in [0.1, 0.15) is 18.1 Å². The second-order valence-corrected chi connectivity index (χ2v) is 11.8. The third-order valence-corrected chi connectivity index (χ3v) is 8.01. The first-order chi connectivity index (χ1) is 22.0. The van der Waals surface area contributed by atoms with Gasteiger partial charge in [-0.05, 0) is 43.9 Å². The monoisotopic (exact) mass is 630 g/mol. The number of benzene rings is 1. The molecule has 1 fully saturated rings. The molecule has 0 aliphatic carbocycles. The summed E-state index contributed by atoms with van der Waals surface area (Å²) in [6, 6.07) is 11.9. The van der Waals surface area contributed by atoms with Crippen LogP contribution in [0, 0.1) is 12.8 Å². The van der Waals surface area contributed by atoms with E-state index in [0.717, 1.165) is 5.56 Å². The quantitative estimate of drug-likeness (QED) is 0.383. The summed E-state index contributed by atoms with van der Waals surface area (Å²) in [4.78, 5) is 74.4. The molecule has 46 heavy (non-hydrogen) atoms. The van der Waals surface area contributed by atoms with E-state index in [2.05, 4.69) is 26.0 Å². The van der Waals surface area contributed by atoms with Crippen molar-refractivity contribution in [3.63, 3.8) is 0 Å². The molecular formula is C33H42N8O5. The molecule has 0 saturated carbocycles. The number of carbonyl (C=O) groups excluding carboxylic acids is 5. The first kappa shape index (κ1) is 33.8. The summed E-state index contributed by atoms with van der Waals surface area (Å²) in [5, 5.41) is 12.8. The average molecular weight is 631 g/mol. The zero-order valence-electron chi connectivity index (χ0n) is 26.9. The van der Waals surface area contributed by atoms with Crippen LogP contribution in [0.2, 0.25) is 0 Å². The molecule has 2 aromatic heterocycles. The van der Waals surface area contributed by atoms with Crippen molar-refractivity contribution in [3.05, 3.63) is 77.7 Å². The molecule has 1 aliphatic rings. The van der Waals surface area contributed by atoms with Crippen LogP contribution in [0.4, 0.5) is 0 Å². The summed E-state index contributed by atoms with van der Waals surface area (Å²) >= 11 is 0. The molecule has 0 spiro atoms. The van der Waals surface area contributed by atoms with Crippen molar-refractivity contribution in [2.75, 3.05) is 26.7 Å². The molecule has 1 saturated heterocycles. The standard InChI is InChI=1S/C33H42N8O5/c1-21(2)29-33(46)39(5)20-28(42)37-26(18-24-12-7-6-8-13-24)31(44)35-16-11-17-40(23(4)30(43)38-29)32(45)25-19-36-41(22(25)3)27-14-9-10-15-34-27/h6-10,12-15,19,21,23,26,29H,11,16-18,20H2,1-5H3,(H,35,44)(H,37,42)(H,38,43)/t23-,26+,29+/m1/s1. The fraction of sp³-hybridized carbons (Fsp3) is 0.424. The van der Waals surface area contributed by atoms with Crippen LogP contribution in [0.15, 0.2) is 60.9 Å². The smallest absolute Gasteiger partial charge is 0.258 e. The van der Waals surface area contributed by atoms with Gasteiger partial charge >= 0.3 is 0 Å². The lowest BCUT2D eigenvalue weighted by atomic mass is 10.0. The molecule has 1 aliphatic heterocycles. The van der Waals surface area contributed by atoms with E-state index in [0.29, 0.717) is 23.5 Å². The highest BCUT2D eigenvalue weighted by Gasteiger charge is 2.34. The Morgan fingerprint density at radius 3 is 2.39 bits per heavy atom. The van der Waals surface area contributed by atoms with Gasteiger partial charge in [-0.2, -0.15) is 5.10 Å². The Hall–Kier alpha value is -5.07. The zero-order chi connectivity index (χ0) is 33.4. The van der Waals surface area contributed by atoms with Crippen LogP contribution in [-0.4, -0.2) is 98.9 Å². The zero-order valence-corrected chi connectivity index (χ0v) is 26.9. The Bertz CT molecular complexity index is 1540. The van der Waals surface area contributed by atoms with Crippen molar-refractivity contribution in [1.82, 2.24) is 40.5 Å². The summed E-state index contributed by atoms with van der Waals surface area (Å²) in [7, 11) is 1.47. The summed E-state index contributed by atoms with van der Waals surface area (Å²) in [6.07, 6.45) is 3.65. The second kappa shape index (κ2) is 15.3. The van der Waals surface area contributed by atoms with Crippen molar-refractivity contribution < 1.29 is 24.0 Å². The molecule has 0 bridgehead atoms. The second-order valence-electron chi connectivity index (χ2n) is 11.8. The van der Waals surface area contributed by atoms with E-state index >= 15 is 0 Å². The van der Waals surface area contributed by atoms with Gasteiger partial charge in [-0.25, -0.2) is 9.67 Å². The van der Waals surface area contributed by atoms with Crippen molar-refractivity contribution in [3.8, 4) is 5.82 Å². The van der Waals surface area contributed by atoms with Crippen molar-refractivity contribution >= 4 is 29.5 Å². The van der Waals surface area contributed by atoms with E-state index < -0.39 is 47.7 Å². The molecule has 1 aromatic carbocycles. The molecule has 244 valence electrons. The lowest BCUT2D eigenvalue weighted by Gasteiger charge is -2.32. The van der Waals surface area contributed by atoms with Gasteiger partial charge in [0, 0.05) is 32.8 Å². The van der Waals surface area contributed by atoms with Crippen LogP contribution < -0.4 is 16.0 Å². The molecule has 4 rings (SSSR count). The molecule has 3 heterocycles. The Morgan fingerprint density at radius 1 is 1.00 bits per heavy atom. The van der Waals surface area contributed by atoms with E-state index in [4.69, 9.17) is 0 Å². The van der Waals surface area contributed by atoms with Crippen molar-refractivity contribution in [2.24, 2.45) is 5.92 Å². The predicted molar refractivity (Wildman–Crippen MR) is 171 cm³/mol. The molecule has 0 unspecified atom stereocenters. The topological polar surface area (TPSA) is 159 Å². The first-order valence-corrected chi connectivity index (χ1v) is 15.4. The maximum Gasteiger partial charge on any atom is 0.258 e. The van der Waals surface area contributed by atoms with Gasteiger partial charge in [0.05, 0.1) is 24.0 Å². The minimum absolute atomic E-state index is 0.123.